The molecule has 0 bridgehead atoms. The number of hydrogen-bond acceptors (Lipinski definition) is 6. The summed E-state index contributed by atoms with van der Waals surface area (Å²) in [6, 6.07) is 5.58. The first-order chi connectivity index (χ1) is 14.4. The molecular weight excluding hydrogens is 409 g/mol. The van der Waals surface area contributed by atoms with Gasteiger partial charge in [0.15, 0.2) is 10.8 Å². The first kappa shape index (κ1) is 19.8. The molecule has 30 heavy (non-hydrogen) atoms. The van der Waals surface area contributed by atoms with Crippen molar-refractivity contribution in [1.29, 1.82) is 0 Å². The Morgan fingerprint density at radius 3 is 2.87 bits per heavy atom. The lowest BCUT2D eigenvalue weighted by atomic mass is 10.1. The lowest BCUT2D eigenvalue weighted by Crippen LogP contribution is -2.17. The molecule has 0 saturated heterocycles. The third-order valence-corrected chi connectivity index (χ3v) is 5.49. The summed E-state index contributed by atoms with van der Waals surface area (Å²) in [5.74, 6) is -0.184. The lowest BCUT2D eigenvalue weighted by Gasteiger charge is -2.11. The van der Waals surface area contributed by atoms with E-state index in [-0.39, 0.29) is 17.9 Å². The lowest BCUT2D eigenvalue weighted by molar-refractivity contribution is -0.115. The van der Waals surface area contributed by atoms with E-state index in [1.54, 1.807) is 16.8 Å². The highest BCUT2D eigenvalue weighted by atomic mass is 32.1. The molecule has 0 unspecified atom stereocenters. The molecule has 0 radical (unpaired) electrons. The maximum atomic E-state index is 13.6. The summed E-state index contributed by atoms with van der Waals surface area (Å²) in [7, 11) is 1.50. The highest BCUT2D eigenvalue weighted by Crippen LogP contribution is 2.32. The zero-order valence-corrected chi connectivity index (χ0v) is 17.3. The van der Waals surface area contributed by atoms with Crippen molar-refractivity contribution in [2.75, 3.05) is 12.4 Å². The maximum absolute atomic E-state index is 13.6. The Kier molecular flexibility index (Phi) is 5.08. The second-order valence-corrected chi connectivity index (χ2v) is 7.54. The van der Waals surface area contributed by atoms with Crippen LogP contribution in [-0.2, 0) is 11.2 Å². The van der Waals surface area contributed by atoms with Crippen LogP contribution in [-0.4, -0.2) is 32.6 Å². The minimum Gasteiger partial charge on any atom is -0.496 e. The van der Waals surface area contributed by atoms with Crippen LogP contribution in [0.4, 0.5) is 9.52 Å². The number of ether oxygens (including phenoxy) is 1. The molecule has 0 aliphatic heterocycles. The molecule has 2 N–H and O–H groups in total. The fourth-order valence-corrected chi connectivity index (χ4v) is 4.00. The van der Waals surface area contributed by atoms with Crippen molar-refractivity contribution < 1.29 is 13.9 Å². The van der Waals surface area contributed by atoms with Gasteiger partial charge in [-0.3, -0.25) is 14.7 Å². The Labute approximate surface area is 174 Å². The van der Waals surface area contributed by atoms with Gasteiger partial charge in [-0.15, -0.1) is 11.3 Å². The van der Waals surface area contributed by atoms with Crippen molar-refractivity contribution in [1.82, 2.24) is 19.6 Å². The second-order valence-electron chi connectivity index (χ2n) is 6.68. The van der Waals surface area contributed by atoms with Crippen LogP contribution in [0.5, 0.6) is 5.75 Å². The Morgan fingerprint density at radius 2 is 2.10 bits per heavy atom. The fraction of sp³-hybridized carbons (Fsp3) is 0.200. The Morgan fingerprint density at radius 1 is 1.30 bits per heavy atom. The smallest absolute Gasteiger partial charge is 0.266 e. The SMILES string of the molecule is COc1ccc(F)cc1-c1csc(NC(=O)Cc2c(C)nc3cc(=O)[nH]n3c2C)n1. The summed E-state index contributed by atoms with van der Waals surface area (Å²) >= 11 is 1.23. The molecule has 0 atom stereocenters. The Hall–Kier alpha value is -3.53. The molecule has 3 heterocycles. The summed E-state index contributed by atoms with van der Waals surface area (Å²) in [4.78, 5) is 32.9. The van der Waals surface area contributed by atoms with E-state index in [9.17, 15) is 14.0 Å². The molecule has 1 amide bonds. The summed E-state index contributed by atoms with van der Waals surface area (Å²) in [5.41, 5.74) is 3.39. The predicted octanol–water partition coefficient (Wildman–Crippen LogP) is 3.09. The Balaban J connectivity index is 1.56. The largest absolute Gasteiger partial charge is 0.496 e. The van der Waals surface area contributed by atoms with Crippen LogP contribution in [0.15, 0.2) is 34.4 Å². The van der Waals surface area contributed by atoms with Crippen LogP contribution in [0, 0.1) is 19.7 Å². The van der Waals surface area contributed by atoms with Crippen molar-refractivity contribution in [2.24, 2.45) is 0 Å². The number of hydrogen-bond donors (Lipinski definition) is 2. The number of aromatic nitrogens is 4. The minimum absolute atomic E-state index is 0.0685. The first-order valence-electron chi connectivity index (χ1n) is 9.03. The topological polar surface area (TPSA) is 101 Å². The molecule has 4 rings (SSSR count). The van der Waals surface area contributed by atoms with Gasteiger partial charge in [-0.1, -0.05) is 0 Å². The summed E-state index contributed by atoms with van der Waals surface area (Å²) in [5, 5.41) is 7.55. The van der Waals surface area contributed by atoms with E-state index in [4.69, 9.17) is 4.74 Å². The number of anilines is 1. The molecule has 0 aliphatic rings. The highest BCUT2D eigenvalue weighted by molar-refractivity contribution is 7.14. The number of rotatable bonds is 5. The van der Waals surface area contributed by atoms with Crippen LogP contribution in [0.1, 0.15) is 17.0 Å². The standard InChI is InChI=1S/C20H18FN5O3S/c1-10-13(11(2)26-17(22-10)8-19(28)25-26)7-18(27)24-20-23-15(9-30-20)14-6-12(21)4-5-16(14)29-3/h4-6,8-9H,7H2,1-3H3,(H,25,28)(H,23,24,27). The van der Waals surface area contributed by atoms with E-state index >= 15 is 0 Å². The summed E-state index contributed by atoms with van der Waals surface area (Å²) in [6.07, 6.45) is 0.0685. The van der Waals surface area contributed by atoms with Gasteiger partial charge in [-0.05, 0) is 32.0 Å². The van der Waals surface area contributed by atoms with Crippen molar-refractivity contribution in [3.63, 3.8) is 0 Å². The van der Waals surface area contributed by atoms with Gasteiger partial charge >= 0.3 is 0 Å². The van der Waals surface area contributed by atoms with Crippen LogP contribution < -0.4 is 15.6 Å². The van der Waals surface area contributed by atoms with Gasteiger partial charge in [0.25, 0.3) is 5.56 Å². The number of aromatic amines is 1. The number of nitrogens with zero attached hydrogens (tertiary/aromatic N) is 3. The van der Waals surface area contributed by atoms with Gasteiger partial charge in [0.2, 0.25) is 5.91 Å². The minimum atomic E-state index is -0.402. The molecular formula is C20H18FN5O3S. The summed E-state index contributed by atoms with van der Waals surface area (Å²) < 4.78 is 20.5. The molecule has 0 spiro atoms. The van der Waals surface area contributed by atoms with Crippen molar-refractivity contribution in [2.45, 2.75) is 20.3 Å². The summed E-state index contributed by atoms with van der Waals surface area (Å²) in [6.45, 7) is 3.61. The van der Waals surface area contributed by atoms with E-state index in [0.29, 0.717) is 33.5 Å². The molecule has 1 aromatic carbocycles. The number of carbonyl (C=O) groups is 1. The molecule has 8 nitrogen and oxygen atoms in total. The van der Waals surface area contributed by atoms with E-state index < -0.39 is 5.82 Å². The average molecular weight is 427 g/mol. The van der Waals surface area contributed by atoms with Gasteiger partial charge in [0.05, 0.1) is 19.2 Å². The van der Waals surface area contributed by atoms with Crippen molar-refractivity contribution in [3.05, 3.63) is 62.8 Å². The molecule has 154 valence electrons. The first-order valence-corrected chi connectivity index (χ1v) is 9.91. The highest BCUT2D eigenvalue weighted by Gasteiger charge is 2.16. The number of nitrogens with one attached hydrogen (secondary N) is 2. The monoisotopic (exact) mass is 427 g/mol. The van der Waals surface area contributed by atoms with Crippen LogP contribution in [0.25, 0.3) is 16.9 Å². The molecule has 0 saturated carbocycles. The predicted molar refractivity (Wildman–Crippen MR) is 112 cm³/mol. The number of H-pyrrole nitrogens is 1. The number of halogens is 1. The zero-order valence-electron chi connectivity index (χ0n) is 16.4. The fourth-order valence-electron chi connectivity index (χ4n) is 3.27. The number of aryl methyl sites for hydroxylation is 2. The van der Waals surface area contributed by atoms with Crippen LogP contribution in [0.3, 0.4) is 0 Å². The van der Waals surface area contributed by atoms with E-state index in [1.165, 1.54) is 42.7 Å². The zero-order chi connectivity index (χ0) is 21.4. The normalized spacial score (nSPS) is 11.1. The number of carbonyl (C=O) groups excluding carboxylic acids is 1. The van der Waals surface area contributed by atoms with Crippen molar-refractivity contribution >= 4 is 28.0 Å². The Bertz CT molecular complexity index is 1320. The molecule has 0 aliphatic carbocycles. The van der Waals surface area contributed by atoms with E-state index in [2.05, 4.69) is 20.4 Å². The van der Waals surface area contributed by atoms with Gasteiger partial charge < -0.3 is 10.1 Å². The number of fused-ring (bicyclic) bond motifs is 1. The molecule has 4 aromatic rings. The van der Waals surface area contributed by atoms with Gasteiger partial charge in [-0.2, -0.15) is 0 Å². The maximum Gasteiger partial charge on any atom is 0.266 e. The van der Waals surface area contributed by atoms with Gasteiger partial charge in [-0.25, -0.2) is 18.9 Å². The molecule has 3 aromatic heterocycles. The third kappa shape index (κ3) is 3.69. The third-order valence-electron chi connectivity index (χ3n) is 4.73. The average Bonchev–Trinajstić information content (AvgIpc) is 3.31. The second kappa shape index (κ2) is 7.71. The van der Waals surface area contributed by atoms with Crippen molar-refractivity contribution in [3.8, 4) is 17.0 Å². The number of amides is 1. The molecule has 0 fully saturated rings. The van der Waals surface area contributed by atoms with Gasteiger partial charge in [0.1, 0.15) is 11.6 Å². The number of thiazole rings is 1. The van der Waals surface area contributed by atoms with Crippen LogP contribution in [0.2, 0.25) is 0 Å². The van der Waals surface area contributed by atoms with Gasteiger partial charge in [0, 0.05) is 34.0 Å². The van der Waals surface area contributed by atoms with E-state index in [1.807, 2.05) is 6.92 Å². The van der Waals surface area contributed by atoms with E-state index in [0.717, 1.165) is 11.3 Å². The van der Waals surface area contributed by atoms with Crippen LogP contribution >= 0.6 is 11.3 Å². The molecule has 10 heteroatoms. The quantitative estimate of drug-likeness (QED) is 0.510. The number of benzene rings is 1. The number of methoxy groups -OCH3 is 1.